The number of amides is 1. The molecular weight excluding hydrogens is 327 g/mol. The Labute approximate surface area is 106 Å². The van der Waals surface area contributed by atoms with Gasteiger partial charge in [-0.3, -0.25) is 19.7 Å². The first-order chi connectivity index (χ1) is 7.52. The number of hydrogen-bond donors (Lipinski definition) is 1. The van der Waals surface area contributed by atoms with Gasteiger partial charge in [0.1, 0.15) is 6.61 Å². The number of nitrogens with zero attached hydrogens (tertiary/aromatic N) is 1. The first kappa shape index (κ1) is 13.1. The summed E-state index contributed by atoms with van der Waals surface area (Å²) in [7, 11) is 0. The molecule has 0 radical (unpaired) electrons. The van der Waals surface area contributed by atoms with E-state index in [0.717, 1.165) is 10.0 Å². The van der Waals surface area contributed by atoms with E-state index in [0.29, 0.717) is 12.0 Å². The summed E-state index contributed by atoms with van der Waals surface area (Å²) < 4.78 is 0.900. The monoisotopic (exact) mass is 338 g/mol. The van der Waals surface area contributed by atoms with Gasteiger partial charge in [-0.1, -0.05) is 0 Å². The second-order valence-electron chi connectivity index (χ2n) is 3.22. The Balaban J connectivity index is 2.70. The van der Waals surface area contributed by atoms with E-state index in [9.17, 15) is 14.9 Å². The van der Waals surface area contributed by atoms with Gasteiger partial charge in [0.2, 0.25) is 5.91 Å². The van der Waals surface area contributed by atoms with E-state index < -0.39 is 4.92 Å². The Bertz CT molecular complexity index is 376. The van der Waals surface area contributed by atoms with Gasteiger partial charge in [-0.25, -0.2) is 5.48 Å². The molecule has 1 aliphatic rings. The van der Waals surface area contributed by atoms with Crippen molar-refractivity contribution in [2.24, 2.45) is 0 Å². The molecule has 0 fully saturated rings. The number of carbonyl (C=O) groups is 1. The molecule has 0 aromatic heterocycles. The topological polar surface area (TPSA) is 81.5 Å². The fourth-order valence-corrected chi connectivity index (χ4v) is 2.04. The third kappa shape index (κ3) is 3.56. The molecule has 16 heavy (non-hydrogen) atoms. The van der Waals surface area contributed by atoms with Crippen LogP contribution in [-0.4, -0.2) is 17.4 Å². The van der Waals surface area contributed by atoms with Crippen LogP contribution in [0.3, 0.4) is 0 Å². The number of carbonyl (C=O) groups excluding carboxylic acids is 1. The lowest BCUT2D eigenvalue weighted by Crippen LogP contribution is -2.23. The molecule has 0 saturated carbocycles. The number of allylic oxidation sites excluding steroid dienone is 2. The highest BCUT2D eigenvalue weighted by atomic mass is 127. The van der Waals surface area contributed by atoms with Gasteiger partial charge in [-0.05, 0) is 41.5 Å². The first-order valence-electron chi connectivity index (χ1n) is 4.63. The van der Waals surface area contributed by atoms with Crippen molar-refractivity contribution in [2.75, 3.05) is 6.61 Å². The number of rotatable bonds is 4. The largest absolute Gasteiger partial charge is 0.273 e. The minimum Gasteiger partial charge on any atom is -0.273 e. The Hall–Kier alpha value is -0.960. The van der Waals surface area contributed by atoms with Gasteiger partial charge in [-0.15, -0.1) is 0 Å². The zero-order valence-corrected chi connectivity index (χ0v) is 10.8. The van der Waals surface area contributed by atoms with Crippen molar-refractivity contribution >= 4 is 28.5 Å². The normalized spacial score (nSPS) is 15.8. The van der Waals surface area contributed by atoms with Crippen molar-refractivity contribution in [1.82, 2.24) is 5.48 Å². The van der Waals surface area contributed by atoms with Crippen LogP contribution >= 0.6 is 22.6 Å². The molecule has 0 saturated heterocycles. The summed E-state index contributed by atoms with van der Waals surface area (Å²) >= 11 is 2.07. The lowest BCUT2D eigenvalue weighted by molar-refractivity contribution is -0.421. The molecule has 88 valence electrons. The minimum absolute atomic E-state index is 0.0185. The van der Waals surface area contributed by atoms with Crippen molar-refractivity contribution in [3.05, 3.63) is 31.0 Å². The molecule has 7 heteroatoms. The maximum absolute atomic E-state index is 10.8. The molecule has 0 aliphatic heterocycles. The Kier molecular flexibility index (Phi) is 4.87. The molecule has 1 amide bonds. The molecule has 1 aliphatic carbocycles. The van der Waals surface area contributed by atoms with Gasteiger partial charge >= 0.3 is 0 Å². The van der Waals surface area contributed by atoms with Crippen LogP contribution in [0.1, 0.15) is 19.8 Å². The molecule has 0 bridgehead atoms. The fraction of sp³-hybridized carbons (Fsp3) is 0.444. The van der Waals surface area contributed by atoms with E-state index in [-0.39, 0.29) is 18.2 Å². The number of nitro groups is 1. The molecule has 1 N–H and O–H groups in total. The molecule has 6 nitrogen and oxygen atoms in total. The summed E-state index contributed by atoms with van der Waals surface area (Å²) in [5.41, 5.74) is 2.75. The molecule has 0 unspecified atom stereocenters. The number of hydroxylamine groups is 1. The van der Waals surface area contributed by atoms with Crippen LogP contribution in [0.4, 0.5) is 0 Å². The molecule has 0 aromatic carbocycles. The zero-order valence-electron chi connectivity index (χ0n) is 8.66. The Morgan fingerprint density at radius 3 is 3.00 bits per heavy atom. The summed E-state index contributed by atoms with van der Waals surface area (Å²) in [5, 5.41) is 10.8. The molecule has 0 atom stereocenters. The molecule has 0 heterocycles. The van der Waals surface area contributed by atoms with E-state index in [2.05, 4.69) is 28.1 Å². The molecule has 0 spiro atoms. The van der Waals surface area contributed by atoms with Crippen LogP contribution in [0.25, 0.3) is 0 Å². The van der Waals surface area contributed by atoms with Gasteiger partial charge in [0.15, 0.2) is 0 Å². The van der Waals surface area contributed by atoms with Crippen LogP contribution in [0.2, 0.25) is 0 Å². The van der Waals surface area contributed by atoms with E-state index in [4.69, 9.17) is 4.84 Å². The van der Waals surface area contributed by atoms with Crippen molar-refractivity contribution in [2.45, 2.75) is 19.8 Å². The van der Waals surface area contributed by atoms with Gasteiger partial charge in [0.25, 0.3) is 5.70 Å². The summed E-state index contributed by atoms with van der Waals surface area (Å²) in [6.07, 6.45) is 3.02. The summed E-state index contributed by atoms with van der Waals surface area (Å²) in [5.74, 6) is -0.335. The number of nitrogens with one attached hydrogen (secondary N) is 1. The van der Waals surface area contributed by atoms with Gasteiger partial charge in [0, 0.05) is 10.5 Å². The van der Waals surface area contributed by atoms with Gasteiger partial charge in [0.05, 0.1) is 10.5 Å². The molecular formula is C9H11IN2O4. The highest BCUT2D eigenvalue weighted by molar-refractivity contribution is 14.1. The summed E-state index contributed by atoms with van der Waals surface area (Å²) in [4.78, 5) is 25.8. The smallest absolute Gasteiger partial charge is 0.271 e. The van der Waals surface area contributed by atoms with Crippen LogP contribution in [0.5, 0.6) is 0 Å². The lowest BCUT2D eigenvalue weighted by Gasteiger charge is -2.12. The average Bonchev–Trinajstić information content (AvgIpc) is 2.19. The predicted molar refractivity (Wildman–Crippen MR) is 65.1 cm³/mol. The molecule has 1 rings (SSSR count). The third-order valence-corrected chi connectivity index (χ3v) is 3.16. The first-order valence-corrected chi connectivity index (χ1v) is 5.71. The average molecular weight is 338 g/mol. The van der Waals surface area contributed by atoms with Crippen molar-refractivity contribution in [3.8, 4) is 0 Å². The molecule has 0 aromatic rings. The second-order valence-corrected chi connectivity index (χ2v) is 4.52. The quantitative estimate of drug-likeness (QED) is 0.481. The maximum Gasteiger partial charge on any atom is 0.271 e. The Morgan fingerprint density at radius 2 is 2.44 bits per heavy atom. The third-order valence-electron chi connectivity index (χ3n) is 1.97. The van der Waals surface area contributed by atoms with E-state index >= 15 is 0 Å². The minimum atomic E-state index is -0.426. The second kappa shape index (κ2) is 5.94. The highest BCUT2D eigenvalue weighted by Gasteiger charge is 2.24. The number of hydrogen-bond acceptors (Lipinski definition) is 4. The van der Waals surface area contributed by atoms with Crippen molar-refractivity contribution in [3.63, 3.8) is 0 Å². The number of halogens is 1. The van der Waals surface area contributed by atoms with Crippen LogP contribution < -0.4 is 5.48 Å². The maximum atomic E-state index is 10.8. The van der Waals surface area contributed by atoms with Crippen molar-refractivity contribution in [1.29, 1.82) is 0 Å². The lowest BCUT2D eigenvalue weighted by atomic mass is 10.0. The van der Waals surface area contributed by atoms with E-state index in [1.807, 2.05) is 0 Å². The fourth-order valence-electron chi connectivity index (χ4n) is 1.30. The summed E-state index contributed by atoms with van der Waals surface area (Å²) in [6.45, 7) is 1.33. The van der Waals surface area contributed by atoms with Gasteiger partial charge < -0.3 is 0 Å². The summed E-state index contributed by atoms with van der Waals surface area (Å²) in [6, 6.07) is 0. The predicted octanol–water partition coefficient (Wildman–Crippen LogP) is 1.70. The van der Waals surface area contributed by atoms with E-state index in [1.54, 1.807) is 6.08 Å². The van der Waals surface area contributed by atoms with Crippen LogP contribution in [-0.2, 0) is 9.63 Å². The highest BCUT2D eigenvalue weighted by Crippen LogP contribution is 2.29. The van der Waals surface area contributed by atoms with Crippen LogP contribution in [0.15, 0.2) is 20.9 Å². The van der Waals surface area contributed by atoms with Gasteiger partial charge in [-0.2, -0.15) is 0 Å². The van der Waals surface area contributed by atoms with Crippen LogP contribution in [0, 0.1) is 10.1 Å². The standard InChI is InChI=1S/C9H11IN2O4/c1-6(13)11-16-5-7-8(10)3-2-4-9(7)12(14)15/h4H,2-3,5H2,1H3,(H,11,13). The Morgan fingerprint density at radius 1 is 1.75 bits per heavy atom. The zero-order chi connectivity index (χ0) is 12.1. The SMILES string of the molecule is CC(=O)NOCC1=C(I)CCC=C1[N+](=O)[O-]. The van der Waals surface area contributed by atoms with E-state index in [1.165, 1.54) is 6.92 Å². The van der Waals surface area contributed by atoms with Crippen molar-refractivity contribution < 1.29 is 14.6 Å².